The summed E-state index contributed by atoms with van der Waals surface area (Å²) in [5, 5.41) is 12.1. The van der Waals surface area contributed by atoms with Gasteiger partial charge in [0.05, 0.1) is 6.61 Å². The Bertz CT molecular complexity index is 1290. The van der Waals surface area contributed by atoms with E-state index in [1.807, 2.05) is 19.1 Å². The molecule has 7 nitrogen and oxygen atoms in total. The van der Waals surface area contributed by atoms with Gasteiger partial charge in [-0.25, -0.2) is 4.98 Å². The van der Waals surface area contributed by atoms with Crippen LogP contribution in [0, 0.1) is 13.8 Å². The zero-order valence-electron chi connectivity index (χ0n) is 18.4. The summed E-state index contributed by atoms with van der Waals surface area (Å²) in [5.74, 6) is 1.46. The SMILES string of the molecule is CCCOc1nc(Oc2cccc3c2CCC3)nc2oc(-c3cc(C)c([O])c(C)c3)nc12. The Morgan fingerprint density at radius 1 is 1.06 bits per heavy atom. The predicted molar refractivity (Wildman–Crippen MR) is 119 cm³/mol. The van der Waals surface area contributed by atoms with Crippen LogP contribution in [0.15, 0.2) is 34.7 Å². The van der Waals surface area contributed by atoms with Gasteiger partial charge in [0.1, 0.15) is 5.75 Å². The molecule has 0 N–H and O–H groups in total. The van der Waals surface area contributed by atoms with E-state index in [2.05, 4.69) is 21.0 Å². The fourth-order valence-electron chi connectivity index (χ4n) is 4.10. The van der Waals surface area contributed by atoms with Gasteiger partial charge in [0.2, 0.25) is 5.89 Å². The molecule has 1 radical (unpaired) electrons. The second-order valence-electron chi connectivity index (χ2n) is 8.12. The van der Waals surface area contributed by atoms with Crippen LogP contribution in [0.4, 0.5) is 0 Å². The molecule has 0 saturated heterocycles. The number of ether oxygens (including phenoxy) is 2. The van der Waals surface area contributed by atoms with E-state index in [0.29, 0.717) is 40.6 Å². The summed E-state index contributed by atoms with van der Waals surface area (Å²) in [6.45, 7) is 6.06. The van der Waals surface area contributed by atoms with Crippen molar-refractivity contribution in [3.8, 4) is 34.8 Å². The normalized spacial score (nSPS) is 12.8. The molecule has 0 amide bonds. The lowest BCUT2D eigenvalue weighted by Gasteiger charge is -2.10. The fourth-order valence-corrected chi connectivity index (χ4v) is 4.10. The molecule has 0 unspecified atom stereocenters. The second kappa shape index (κ2) is 8.15. The van der Waals surface area contributed by atoms with Crippen molar-refractivity contribution in [2.45, 2.75) is 46.5 Å². The van der Waals surface area contributed by atoms with Crippen molar-refractivity contribution in [3.05, 3.63) is 52.6 Å². The molecule has 1 aliphatic rings. The molecular formula is C25H24N3O4. The number of oxazole rings is 1. The number of benzene rings is 2. The first-order chi connectivity index (χ1) is 15.5. The van der Waals surface area contributed by atoms with Crippen LogP contribution < -0.4 is 9.47 Å². The molecule has 0 spiro atoms. The molecule has 5 rings (SSSR count). The zero-order valence-corrected chi connectivity index (χ0v) is 18.4. The summed E-state index contributed by atoms with van der Waals surface area (Å²) < 4.78 is 17.9. The van der Waals surface area contributed by atoms with Crippen LogP contribution in [0.2, 0.25) is 0 Å². The topological polar surface area (TPSA) is 90.2 Å². The number of hydrogen-bond donors (Lipinski definition) is 0. The molecule has 32 heavy (non-hydrogen) atoms. The average molecular weight is 430 g/mol. The first kappa shape index (κ1) is 20.3. The molecule has 0 aliphatic heterocycles. The molecule has 163 valence electrons. The van der Waals surface area contributed by atoms with E-state index in [4.69, 9.17) is 13.9 Å². The minimum absolute atomic E-state index is 0.0164. The standard InChI is InChI=1S/C25H24N3O4/c1-4-11-30-23-20-24(32-22(26-20)17-12-14(2)21(29)15(3)13-17)28-25(27-23)31-19-10-6-8-16-7-5-9-18(16)19/h6,8,10,12-13H,4-5,7,9,11H2,1-3H3. The van der Waals surface area contributed by atoms with Crippen molar-refractivity contribution in [2.75, 3.05) is 6.61 Å². The van der Waals surface area contributed by atoms with E-state index in [9.17, 15) is 5.11 Å². The van der Waals surface area contributed by atoms with Gasteiger partial charge in [-0.3, -0.25) is 5.11 Å². The van der Waals surface area contributed by atoms with Crippen molar-refractivity contribution in [1.29, 1.82) is 0 Å². The molecule has 7 heteroatoms. The largest absolute Gasteiger partial charge is 0.476 e. The Kier molecular flexibility index (Phi) is 5.17. The van der Waals surface area contributed by atoms with Crippen LogP contribution in [-0.2, 0) is 17.9 Å². The van der Waals surface area contributed by atoms with Crippen molar-refractivity contribution in [1.82, 2.24) is 15.0 Å². The molecule has 4 aromatic rings. The second-order valence-corrected chi connectivity index (χ2v) is 8.12. The van der Waals surface area contributed by atoms with Crippen molar-refractivity contribution in [2.24, 2.45) is 0 Å². The molecular weight excluding hydrogens is 406 g/mol. The van der Waals surface area contributed by atoms with Gasteiger partial charge in [0, 0.05) is 5.56 Å². The lowest BCUT2D eigenvalue weighted by atomic mass is 10.1. The molecule has 1 aliphatic carbocycles. The van der Waals surface area contributed by atoms with Gasteiger partial charge in [-0.1, -0.05) is 19.1 Å². The van der Waals surface area contributed by atoms with E-state index < -0.39 is 0 Å². The third kappa shape index (κ3) is 3.64. The number of aromatic nitrogens is 3. The third-order valence-corrected chi connectivity index (χ3v) is 5.66. The van der Waals surface area contributed by atoms with Crippen LogP contribution in [-0.4, -0.2) is 21.6 Å². The number of hydrogen-bond acceptors (Lipinski definition) is 6. The highest BCUT2D eigenvalue weighted by molar-refractivity contribution is 5.78. The minimum Gasteiger partial charge on any atom is -0.476 e. The van der Waals surface area contributed by atoms with Gasteiger partial charge in [0.15, 0.2) is 11.3 Å². The van der Waals surface area contributed by atoms with Crippen LogP contribution in [0.3, 0.4) is 0 Å². The van der Waals surface area contributed by atoms with Crippen LogP contribution in [0.5, 0.6) is 23.4 Å². The maximum absolute atomic E-state index is 12.1. The summed E-state index contributed by atoms with van der Waals surface area (Å²) >= 11 is 0. The molecule has 0 fully saturated rings. The highest BCUT2D eigenvalue weighted by atomic mass is 16.5. The van der Waals surface area contributed by atoms with Crippen molar-refractivity contribution < 1.29 is 19.0 Å². The smallest absolute Gasteiger partial charge is 0.328 e. The molecule has 0 atom stereocenters. The Hall–Kier alpha value is -3.61. The number of nitrogens with zero attached hydrogens (tertiary/aromatic N) is 3. The Morgan fingerprint density at radius 2 is 1.88 bits per heavy atom. The van der Waals surface area contributed by atoms with Gasteiger partial charge in [-0.05, 0) is 80.0 Å². The van der Waals surface area contributed by atoms with Crippen molar-refractivity contribution in [3.63, 3.8) is 0 Å². The molecule has 2 aromatic carbocycles. The first-order valence-electron chi connectivity index (χ1n) is 10.9. The van der Waals surface area contributed by atoms with Gasteiger partial charge < -0.3 is 13.9 Å². The van der Waals surface area contributed by atoms with Crippen LogP contribution in [0.25, 0.3) is 22.7 Å². The molecule has 2 aromatic heterocycles. The maximum Gasteiger partial charge on any atom is 0.328 e. The predicted octanol–water partition coefficient (Wildman–Crippen LogP) is 6.12. The summed E-state index contributed by atoms with van der Waals surface area (Å²) in [6, 6.07) is 9.76. The highest BCUT2D eigenvalue weighted by Gasteiger charge is 2.21. The molecule has 0 bridgehead atoms. The van der Waals surface area contributed by atoms with E-state index in [1.165, 1.54) is 11.1 Å². The summed E-state index contributed by atoms with van der Waals surface area (Å²) in [6.07, 6.45) is 3.98. The van der Waals surface area contributed by atoms with E-state index in [0.717, 1.165) is 31.4 Å². The van der Waals surface area contributed by atoms with E-state index in [1.54, 1.807) is 26.0 Å². The molecule has 2 heterocycles. The van der Waals surface area contributed by atoms with Gasteiger partial charge in [0.25, 0.3) is 11.6 Å². The minimum atomic E-state index is 0.0164. The van der Waals surface area contributed by atoms with E-state index in [-0.39, 0.29) is 17.5 Å². The summed E-state index contributed by atoms with van der Waals surface area (Å²) in [4.78, 5) is 13.5. The fraction of sp³-hybridized carbons (Fsp3) is 0.320. The summed E-state index contributed by atoms with van der Waals surface area (Å²) in [7, 11) is 0. The lowest BCUT2D eigenvalue weighted by molar-refractivity contribution is 0.302. The lowest BCUT2D eigenvalue weighted by Crippen LogP contribution is -2.02. The van der Waals surface area contributed by atoms with Crippen LogP contribution >= 0.6 is 0 Å². The summed E-state index contributed by atoms with van der Waals surface area (Å²) in [5.41, 5.74) is 5.21. The van der Waals surface area contributed by atoms with Gasteiger partial charge >= 0.3 is 6.01 Å². The van der Waals surface area contributed by atoms with E-state index >= 15 is 0 Å². The Labute approximate surface area is 186 Å². The Balaban J connectivity index is 1.58. The Morgan fingerprint density at radius 3 is 2.66 bits per heavy atom. The first-order valence-corrected chi connectivity index (χ1v) is 10.9. The monoisotopic (exact) mass is 430 g/mol. The zero-order chi connectivity index (χ0) is 22.2. The maximum atomic E-state index is 12.1. The number of rotatable bonds is 6. The van der Waals surface area contributed by atoms with Gasteiger partial charge in [-0.2, -0.15) is 9.97 Å². The van der Waals surface area contributed by atoms with Crippen molar-refractivity contribution >= 4 is 11.2 Å². The number of aryl methyl sites for hydroxylation is 3. The van der Waals surface area contributed by atoms with Crippen LogP contribution in [0.1, 0.15) is 42.0 Å². The third-order valence-electron chi connectivity index (χ3n) is 5.66. The molecule has 0 saturated carbocycles. The number of fused-ring (bicyclic) bond motifs is 2. The average Bonchev–Trinajstić information content (AvgIpc) is 3.43. The quantitative estimate of drug-likeness (QED) is 0.366. The van der Waals surface area contributed by atoms with Gasteiger partial charge in [-0.15, -0.1) is 0 Å². The highest BCUT2D eigenvalue weighted by Crippen LogP contribution is 2.36.